The number of nitrogens with zero attached hydrogens (tertiary/aromatic N) is 2. The molecule has 7 heteroatoms. The Labute approximate surface area is 165 Å². The van der Waals surface area contributed by atoms with Crippen molar-refractivity contribution in [2.75, 3.05) is 13.1 Å². The van der Waals surface area contributed by atoms with Crippen LogP contribution in [-0.2, 0) is 11.2 Å². The Balaban J connectivity index is 1.36. The maximum Gasteiger partial charge on any atom is 0.227 e. The number of benzene rings is 1. The lowest BCUT2D eigenvalue weighted by atomic mass is 10.1. The molecule has 0 saturated heterocycles. The average molecular weight is 388 g/mol. The van der Waals surface area contributed by atoms with Gasteiger partial charge in [0.25, 0.3) is 0 Å². The van der Waals surface area contributed by atoms with Crippen LogP contribution in [0.2, 0.25) is 0 Å². The fraction of sp³-hybridized carbons (Fsp3) is 0.571. The highest BCUT2D eigenvalue weighted by Gasteiger charge is 2.13. The minimum absolute atomic E-state index is 0.0382. The summed E-state index contributed by atoms with van der Waals surface area (Å²) in [7, 11) is 0. The fourth-order valence-electron chi connectivity index (χ4n) is 3.48. The second-order valence-corrected chi connectivity index (χ2v) is 7.47. The maximum atomic E-state index is 13.7. The summed E-state index contributed by atoms with van der Waals surface area (Å²) in [6.45, 7) is 3.11. The van der Waals surface area contributed by atoms with Crippen LogP contribution in [0.4, 0.5) is 4.39 Å². The van der Waals surface area contributed by atoms with Crippen LogP contribution in [0.5, 0.6) is 0 Å². The first-order valence-electron chi connectivity index (χ1n) is 10.2. The van der Waals surface area contributed by atoms with Crippen LogP contribution in [0.1, 0.15) is 56.4 Å². The summed E-state index contributed by atoms with van der Waals surface area (Å²) in [5.74, 6) is 0.370. The van der Waals surface area contributed by atoms with Gasteiger partial charge in [-0.3, -0.25) is 4.79 Å². The number of aromatic nitrogens is 2. The molecule has 1 aromatic heterocycles. The Bertz CT molecular complexity index is 770. The van der Waals surface area contributed by atoms with Gasteiger partial charge in [0.2, 0.25) is 17.6 Å². The molecule has 1 amide bonds. The SMILES string of the molecule is Cc1ccc(-c2noc(CCC(=O)NCCNC3CCCCCC3)n2)cc1F. The zero-order valence-electron chi connectivity index (χ0n) is 16.5. The number of carbonyl (C=O) groups is 1. The van der Waals surface area contributed by atoms with Crippen molar-refractivity contribution in [2.24, 2.45) is 0 Å². The van der Waals surface area contributed by atoms with E-state index in [0.29, 0.717) is 41.8 Å². The highest BCUT2D eigenvalue weighted by Crippen LogP contribution is 2.19. The van der Waals surface area contributed by atoms with E-state index in [1.54, 1.807) is 19.1 Å². The van der Waals surface area contributed by atoms with Crippen LogP contribution in [0, 0.1) is 12.7 Å². The van der Waals surface area contributed by atoms with Crippen molar-refractivity contribution in [3.63, 3.8) is 0 Å². The molecule has 2 N–H and O–H groups in total. The summed E-state index contributed by atoms with van der Waals surface area (Å²) in [4.78, 5) is 16.3. The molecule has 3 rings (SSSR count). The average Bonchev–Trinajstić information content (AvgIpc) is 3.01. The predicted molar refractivity (Wildman–Crippen MR) is 105 cm³/mol. The van der Waals surface area contributed by atoms with E-state index in [1.165, 1.54) is 44.6 Å². The molecule has 2 aromatic rings. The van der Waals surface area contributed by atoms with E-state index in [4.69, 9.17) is 4.52 Å². The van der Waals surface area contributed by atoms with Crippen molar-refractivity contribution in [1.82, 2.24) is 20.8 Å². The summed E-state index contributed by atoms with van der Waals surface area (Å²) >= 11 is 0. The lowest BCUT2D eigenvalue weighted by Crippen LogP contribution is -2.36. The van der Waals surface area contributed by atoms with E-state index in [2.05, 4.69) is 20.8 Å². The van der Waals surface area contributed by atoms with Crippen LogP contribution < -0.4 is 10.6 Å². The van der Waals surface area contributed by atoms with Crippen molar-refractivity contribution in [3.8, 4) is 11.4 Å². The fourth-order valence-corrected chi connectivity index (χ4v) is 3.48. The third-order valence-electron chi connectivity index (χ3n) is 5.20. The summed E-state index contributed by atoms with van der Waals surface area (Å²) < 4.78 is 18.8. The van der Waals surface area contributed by atoms with Crippen LogP contribution in [0.3, 0.4) is 0 Å². The molecule has 0 bridgehead atoms. The minimum Gasteiger partial charge on any atom is -0.355 e. The zero-order chi connectivity index (χ0) is 19.8. The Kier molecular flexibility index (Phi) is 7.54. The first-order valence-corrected chi connectivity index (χ1v) is 10.2. The van der Waals surface area contributed by atoms with Gasteiger partial charge in [0.1, 0.15) is 5.82 Å². The quantitative estimate of drug-likeness (QED) is 0.534. The molecule has 1 aliphatic carbocycles. The van der Waals surface area contributed by atoms with Crippen LogP contribution in [0.15, 0.2) is 22.7 Å². The topological polar surface area (TPSA) is 80.0 Å². The van der Waals surface area contributed by atoms with Gasteiger partial charge in [-0.25, -0.2) is 4.39 Å². The van der Waals surface area contributed by atoms with Gasteiger partial charge < -0.3 is 15.2 Å². The zero-order valence-corrected chi connectivity index (χ0v) is 16.5. The van der Waals surface area contributed by atoms with E-state index in [9.17, 15) is 9.18 Å². The molecule has 0 aliphatic heterocycles. The van der Waals surface area contributed by atoms with E-state index in [0.717, 1.165) is 6.54 Å². The Morgan fingerprint density at radius 3 is 2.75 bits per heavy atom. The first kappa shape index (κ1) is 20.5. The molecule has 1 aliphatic rings. The van der Waals surface area contributed by atoms with Crippen molar-refractivity contribution in [3.05, 3.63) is 35.5 Å². The third kappa shape index (κ3) is 6.12. The predicted octanol–water partition coefficient (Wildman–Crippen LogP) is 3.55. The van der Waals surface area contributed by atoms with Crippen molar-refractivity contribution < 1.29 is 13.7 Å². The normalized spacial score (nSPS) is 15.4. The Hall–Kier alpha value is -2.28. The standard InChI is InChI=1S/C21H29FN4O2/c1-15-8-9-16(14-18(15)22)21-25-20(28-26-21)11-10-19(27)24-13-12-23-17-6-4-2-3-5-7-17/h8-9,14,17,23H,2-7,10-13H2,1H3,(H,24,27). The Morgan fingerprint density at radius 1 is 1.21 bits per heavy atom. The van der Waals surface area contributed by atoms with Crippen molar-refractivity contribution in [1.29, 1.82) is 0 Å². The molecule has 1 heterocycles. The largest absolute Gasteiger partial charge is 0.355 e. The van der Waals surface area contributed by atoms with E-state index in [1.807, 2.05) is 0 Å². The van der Waals surface area contributed by atoms with Gasteiger partial charge in [-0.15, -0.1) is 0 Å². The lowest BCUT2D eigenvalue weighted by molar-refractivity contribution is -0.121. The number of rotatable bonds is 8. The van der Waals surface area contributed by atoms with Crippen LogP contribution >= 0.6 is 0 Å². The molecule has 1 fully saturated rings. The highest BCUT2D eigenvalue weighted by atomic mass is 19.1. The van der Waals surface area contributed by atoms with Crippen molar-refractivity contribution in [2.45, 2.75) is 64.3 Å². The van der Waals surface area contributed by atoms with Gasteiger partial charge in [-0.1, -0.05) is 43.0 Å². The molecule has 1 saturated carbocycles. The molecule has 6 nitrogen and oxygen atoms in total. The second kappa shape index (κ2) is 10.3. The van der Waals surface area contributed by atoms with Gasteiger partial charge >= 0.3 is 0 Å². The summed E-state index contributed by atoms with van der Waals surface area (Å²) in [5.41, 5.74) is 1.13. The third-order valence-corrected chi connectivity index (χ3v) is 5.20. The number of aryl methyl sites for hydroxylation is 2. The summed E-state index contributed by atoms with van der Waals surface area (Å²) in [5, 5.41) is 10.3. The second-order valence-electron chi connectivity index (χ2n) is 7.47. The van der Waals surface area contributed by atoms with Crippen molar-refractivity contribution >= 4 is 5.91 Å². The van der Waals surface area contributed by atoms with Gasteiger partial charge in [0.15, 0.2) is 0 Å². The van der Waals surface area contributed by atoms with Gasteiger partial charge in [-0.2, -0.15) is 4.98 Å². The molecule has 0 radical (unpaired) electrons. The van der Waals surface area contributed by atoms with Gasteiger partial charge in [-0.05, 0) is 31.4 Å². The monoisotopic (exact) mass is 388 g/mol. The first-order chi connectivity index (χ1) is 13.6. The number of hydrogen-bond donors (Lipinski definition) is 2. The van der Waals surface area contributed by atoms with Crippen LogP contribution in [-0.4, -0.2) is 35.2 Å². The van der Waals surface area contributed by atoms with E-state index in [-0.39, 0.29) is 18.1 Å². The van der Waals surface area contributed by atoms with E-state index < -0.39 is 0 Å². The number of carbonyl (C=O) groups excluding carboxylic acids is 1. The highest BCUT2D eigenvalue weighted by molar-refractivity contribution is 5.76. The summed E-state index contributed by atoms with van der Waals surface area (Å²) in [6.07, 6.45) is 8.39. The molecule has 0 spiro atoms. The van der Waals surface area contributed by atoms with E-state index >= 15 is 0 Å². The van der Waals surface area contributed by atoms with Gasteiger partial charge in [0.05, 0.1) is 0 Å². The number of halogens is 1. The molecular weight excluding hydrogens is 359 g/mol. The molecule has 0 unspecified atom stereocenters. The summed E-state index contributed by atoms with van der Waals surface area (Å²) in [6, 6.07) is 5.40. The minimum atomic E-state index is -0.305. The Morgan fingerprint density at radius 2 is 2.00 bits per heavy atom. The van der Waals surface area contributed by atoms with Gasteiger partial charge in [0, 0.05) is 37.5 Å². The number of amides is 1. The van der Waals surface area contributed by atoms with Crippen LogP contribution in [0.25, 0.3) is 11.4 Å². The lowest BCUT2D eigenvalue weighted by Gasteiger charge is -2.16. The molecule has 152 valence electrons. The molecule has 0 atom stereocenters. The molecule has 1 aromatic carbocycles. The molecular formula is C21H29FN4O2. The maximum absolute atomic E-state index is 13.7. The number of hydrogen-bond acceptors (Lipinski definition) is 5. The number of nitrogens with one attached hydrogen (secondary N) is 2. The smallest absolute Gasteiger partial charge is 0.227 e. The molecule has 28 heavy (non-hydrogen) atoms.